The molecule has 0 unspecified atom stereocenters. The molecule has 11 heteroatoms. The number of aromatic nitrogens is 1. The number of likely N-dealkylation sites (N-methyl/N-ethyl adjacent to an activating group) is 1. The molecule has 1 aromatic heterocycles. The van der Waals surface area contributed by atoms with Gasteiger partial charge in [-0.2, -0.15) is 0 Å². The van der Waals surface area contributed by atoms with Gasteiger partial charge in [-0.15, -0.1) is 0 Å². The summed E-state index contributed by atoms with van der Waals surface area (Å²) in [5.74, 6) is -0.420. The van der Waals surface area contributed by atoms with Crippen molar-refractivity contribution in [1.29, 1.82) is 0 Å². The van der Waals surface area contributed by atoms with Crippen LogP contribution in [-0.4, -0.2) is 68.6 Å². The topological polar surface area (TPSA) is 132 Å². The fourth-order valence-corrected chi connectivity index (χ4v) is 8.13. The fourth-order valence-electron chi connectivity index (χ4n) is 6.60. The van der Waals surface area contributed by atoms with Crippen LogP contribution in [0.1, 0.15) is 71.5 Å². The SMILES string of the molecule is CCN(CC)CCNC(=O)CCc1c(/C=C2\C(=O)Nc3ccc(S(=O)(=O)N4CCc5ccccc54)cc32)[nH]c2c1C(=O)CCC2. The number of amides is 2. The van der Waals surface area contributed by atoms with E-state index in [9.17, 15) is 22.8 Å². The first-order valence-corrected chi connectivity index (χ1v) is 17.2. The number of para-hydroxylation sites is 1. The van der Waals surface area contributed by atoms with Crippen molar-refractivity contribution < 1.29 is 22.8 Å². The normalized spacial score (nSPS) is 16.6. The van der Waals surface area contributed by atoms with E-state index in [0.29, 0.717) is 72.5 Å². The summed E-state index contributed by atoms with van der Waals surface area (Å²) in [6, 6.07) is 12.2. The van der Waals surface area contributed by atoms with E-state index >= 15 is 0 Å². The molecule has 0 radical (unpaired) electrons. The molecule has 0 saturated carbocycles. The number of rotatable bonds is 11. The van der Waals surface area contributed by atoms with Crippen molar-refractivity contribution in [3.05, 3.63) is 76.1 Å². The standard InChI is InChI=1S/C34H39N5O5S/c1-3-38(4-2)19-17-35-32(41)15-13-24-29(36-28-9-7-11-31(40)33(24)28)21-26-25-20-23(12-14-27(25)37-34(26)42)45(43,44)39-18-16-22-8-5-6-10-30(22)39/h5-6,8,10,12,14,20-21,36H,3-4,7,9,11,13,15-19H2,1-2H3,(H,35,41)(H,37,42)/b26-21-. The molecule has 236 valence electrons. The van der Waals surface area contributed by atoms with E-state index < -0.39 is 10.0 Å². The third-order valence-electron chi connectivity index (χ3n) is 9.07. The number of carbonyl (C=O) groups is 3. The minimum atomic E-state index is -3.87. The summed E-state index contributed by atoms with van der Waals surface area (Å²) in [5, 5.41) is 5.83. The van der Waals surface area contributed by atoms with Crippen LogP contribution in [0.25, 0.3) is 11.6 Å². The third kappa shape index (κ3) is 5.94. The molecule has 0 bridgehead atoms. The Balaban J connectivity index is 1.30. The van der Waals surface area contributed by atoms with Crippen molar-refractivity contribution in [2.24, 2.45) is 0 Å². The van der Waals surface area contributed by atoms with Gasteiger partial charge in [-0.1, -0.05) is 32.0 Å². The second kappa shape index (κ2) is 12.6. The average Bonchev–Trinajstić information content (AvgIpc) is 3.72. The summed E-state index contributed by atoms with van der Waals surface area (Å²) in [6.07, 6.45) is 4.75. The van der Waals surface area contributed by atoms with E-state index in [-0.39, 0.29) is 28.9 Å². The van der Waals surface area contributed by atoms with Crippen LogP contribution in [0.3, 0.4) is 0 Å². The van der Waals surface area contributed by atoms with Gasteiger partial charge in [0.15, 0.2) is 5.78 Å². The molecule has 2 aromatic carbocycles. The van der Waals surface area contributed by atoms with Gasteiger partial charge in [0.1, 0.15) is 0 Å². The number of fused-ring (bicyclic) bond motifs is 3. The maximum Gasteiger partial charge on any atom is 0.264 e. The lowest BCUT2D eigenvalue weighted by Crippen LogP contribution is -2.34. The second-order valence-electron chi connectivity index (χ2n) is 11.7. The quantitative estimate of drug-likeness (QED) is 0.273. The Bertz CT molecular complexity index is 1800. The predicted molar refractivity (Wildman–Crippen MR) is 175 cm³/mol. The highest BCUT2D eigenvalue weighted by Gasteiger charge is 2.34. The zero-order valence-corrected chi connectivity index (χ0v) is 26.6. The summed E-state index contributed by atoms with van der Waals surface area (Å²) in [6.45, 7) is 7.67. The van der Waals surface area contributed by atoms with Crippen molar-refractivity contribution >= 4 is 50.6 Å². The van der Waals surface area contributed by atoms with Gasteiger partial charge < -0.3 is 20.5 Å². The molecular formula is C34H39N5O5S. The van der Waals surface area contributed by atoms with Crippen LogP contribution in [0, 0.1) is 0 Å². The number of H-pyrrole nitrogens is 1. The Labute approximate surface area is 263 Å². The van der Waals surface area contributed by atoms with Gasteiger partial charge in [-0.25, -0.2) is 8.42 Å². The number of carbonyl (C=O) groups excluding carboxylic acids is 3. The van der Waals surface area contributed by atoms with Crippen LogP contribution >= 0.6 is 0 Å². The highest BCUT2D eigenvalue weighted by Crippen LogP contribution is 2.39. The highest BCUT2D eigenvalue weighted by atomic mass is 32.2. The zero-order valence-electron chi connectivity index (χ0n) is 25.7. The lowest BCUT2D eigenvalue weighted by molar-refractivity contribution is -0.121. The lowest BCUT2D eigenvalue weighted by Gasteiger charge is -2.20. The van der Waals surface area contributed by atoms with Crippen molar-refractivity contribution in [3.63, 3.8) is 0 Å². The van der Waals surface area contributed by atoms with Crippen LogP contribution in [0.4, 0.5) is 11.4 Å². The van der Waals surface area contributed by atoms with E-state index in [1.54, 1.807) is 18.2 Å². The van der Waals surface area contributed by atoms with Gasteiger partial charge in [0.25, 0.3) is 15.9 Å². The summed E-state index contributed by atoms with van der Waals surface area (Å²) in [4.78, 5) is 44.8. The Morgan fingerprint density at radius 1 is 1.07 bits per heavy atom. The van der Waals surface area contributed by atoms with Gasteiger partial charge in [-0.05, 0) is 80.2 Å². The van der Waals surface area contributed by atoms with Crippen molar-refractivity contribution in [3.8, 4) is 0 Å². The number of ketones is 1. The maximum absolute atomic E-state index is 13.8. The van der Waals surface area contributed by atoms with Gasteiger partial charge in [-0.3, -0.25) is 18.7 Å². The summed E-state index contributed by atoms with van der Waals surface area (Å²) < 4.78 is 29.0. The highest BCUT2D eigenvalue weighted by molar-refractivity contribution is 7.92. The molecule has 6 rings (SSSR count). The van der Waals surface area contributed by atoms with Crippen LogP contribution in [-0.2, 0) is 38.9 Å². The average molecular weight is 630 g/mol. The van der Waals surface area contributed by atoms with Crippen LogP contribution in [0.5, 0.6) is 0 Å². The maximum atomic E-state index is 13.8. The molecule has 2 aliphatic heterocycles. The minimum Gasteiger partial charge on any atom is -0.358 e. The number of sulfonamides is 1. The smallest absolute Gasteiger partial charge is 0.264 e. The monoisotopic (exact) mass is 629 g/mol. The third-order valence-corrected chi connectivity index (χ3v) is 10.9. The minimum absolute atomic E-state index is 0.0321. The zero-order chi connectivity index (χ0) is 31.7. The molecule has 3 aliphatic rings. The van der Waals surface area contributed by atoms with Crippen LogP contribution in [0.15, 0.2) is 47.4 Å². The van der Waals surface area contributed by atoms with Crippen molar-refractivity contribution in [2.45, 2.75) is 57.3 Å². The number of aryl methyl sites for hydroxylation is 1. The molecule has 2 amide bonds. The Morgan fingerprint density at radius 3 is 2.67 bits per heavy atom. The molecule has 10 nitrogen and oxygen atoms in total. The lowest BCUT2D eigenvalue weighted by atomic mass is 9.91. The van der Waals surface area contributed by atoms with Gasteiger partial charge >= 0.3 is 0 Å². The largest absolute Gasteiger partial charge is 0.358 e. The fraction of sp³-hybridized carbons (Fsp3) is 0.382. The number of nitrogens with zero attached hydrogens (tertiary/aromatic N) is 2. The molecular weight excluding hydrogens is 590 g/mol. The summed E-state index contributed by atoms with van der Waals surface area (Å²) >= 11 is 0. The van der Waals surface area contributed by atoms with E-state index in [1.807, 2.05) is 24.3 Å². The van der Waals surface area contributed by atoms with Gasteiger partial charge in [0.05, 0.1) is 16.2 Å². The van der Waals surface area contributed by atoms with E-state index in [2.05, 4.69) is 34.4 Å². The number of Topliss-reactive ketones (excluding diaryl/α,β-unsaturated/α-hetero) is 1. The molecule has 0 saturated heterocycles. The molecule has 0 spiro atoms. The van der Waals surface area contributed by atoms with E-state index in [4.69, 9.17) is 0 Å². The Morgan fingerprint density at radius 2 is 1.87 bits per heavy atom. The molecule has 3 N–H and O–H groups in total. The molecule has 0 atom stereocenters. The summed E-state index contributed by atoms with van der Waals surface area (Å²) in [7, 11) is -3.87. The Hall–Kier alpha value is -4.22. The number of anilines is 2. The Kier molecular flexibility index (Phi) is 8.65. The summed E-state index contributed by atoms with van der Waals surface area (Å²) in [5.41, 5.74) is 5.72. The van der Waals surface area contributed by atoms with Gasteiger partial charge in [0, 0.05) is 60.7 Å². The van der Waals surface area contributed by atoms with Crippen molar-refractivity contribution in [2.75, 3.05) is 42.3 Å². The van der Waals surface area contributed by atoms with E-state index in [1.165, 1.54) is 10.4 Å². The predicted octanol–water partition coefficient (Wildman–Crippen LogP) is 4.17. The number of benzene rings is 2. The number of aromatic amines is 1. The van der Waals surface area contributed by atoms with Crippen LogP contribution < -0.4 is 14.9 Å². The molecule has 3 heterocycles. The van der Waals surface area contributed by atoms with Crippen LogP contribution in [0.2, 0.25) is 0 Å². The first kappa shape index (κ1) is 30.8. The first-order valence-electron chi connectivity index (χ1n) is 15.7. The van der Waals surface area contributed by atoms with Crippen molar-refractivity contribution in [1.82, 2.24) is 15.2 Å². The van der Waals surface area contributed by atoms with Gasteiger partial charge in [0.2, 0.25) is 5.91 Å². The van der Waals surface area contributed by atoms with E-state index in [0.717, 1.165) is 42.9 Å². The molecule has 1 aliphatic carbocycles. The molecule has 45 heavy (non-hydrogen) atoms. The molecule has 3 aromatic rings. The molecule has 0 fully saturated rings. The second-order valence-corrected chi connectivity index (χ2v) is 13.6. The number of hydrogen-bond donors (Lipinski definition) is 3. The number of nitrogens with one attached hydrogen (secondary N) is 3. The first-order chi connectivity index (χ1) is 21.7. The number of hydrogen-bond acceptors (Lipinski definition) is 6.